The van der Waals surface area contributed by atoms with E-state index in [4.69, 9.17) is 0 Å². The van der Waals surface area contributed by atoms with Gasteiger partial charge in [-0.1, -0.05) is 25.7 Å². The Labute approximate surface area is 83.8 Å². The standard InChI is InChI=1S/C10H17NO3/c12-10-8-6-4-2-1-3-5-7-9(10)11(13)14/h9H,1-8H2. The number of ketones is 1. The van der Waals surface area contributed by atoms with Crippen molar-refractivity contribution in [1.82, 2.24) is 0 Å². The van der Waals surface area contributed by atoms with Crippen LogP contribution in [-0.4, -0.2) is 16.7 Å². The van der Waals surface area contributed by atoms with Gasteiger partial charge in [-0.25, -0.2) is 0 Å². The summed E-state index contributed by atoms with van der Waals surface area (Å²) >= 11 is 0. The number of nitro groups is 1. The van der Waals surface area contributed by atoms with Crippen molar-refractivity contribution in [2.75, 3.05) is 0 Å². The highest BCUT2D eigenvalue weighted by molar-refractivity contribution is 5.82. The first kappa shape index (κ1) is 11.1. The SMILES string of the molecule is O=C1CCCCCCCCC1[N+](=O)[O-]. The molecule has 0 saturated heterocycles. The van der Waals surface area contributed by atoms with Crippen LogP contribution in [0.15, 0.2) is 0 Å². The van der Waals surface area contributed by atoms with Gasteiger partial charge in [-0.05, 0) is 12.8 Å². The smallest absolute Gasteiger partial charge is 0.270 e. The lowest BCUT2D eigenvalue weighted by atomic mass is 9.97. The second-order valence-corrected chi connectivity index (χ2v) is 3.93. The molecule has 1 saturated carbocycles. The van der Waals surface area contributed by atoms with E-state index in [9.17, 15) is 14.9 Å². The van der Waals surface area contributed by atoms with Crippen LogP contribution >= 0.6 is 0 Å². The second kappa shape index (κ2) is 5.73. The van der Waals surface area contributed by atoms with Crippen LogP contribution in [0.1, 0.15) is 51.4 Å². The zero-order valence-electron chi connectivity index (χ0n) is 8.41. The molecule has 0 heterocycles. The number of hydrogen-bond acceptors (Lipinski definition) is 3. The Bertz CT molecular complexity index is 215. The van der Waals surface area contributed by atoms with E-state index in [1.807, 2.05) is 0 Å². The quantitative estimate of drug-likeness (QED) is 0.481. The van der Waals surface area contributed by atoms with Crippen molar-refractivity contribution in [2.45, 2.75) is 57.4 Å². The van der Waals surface area contributed by atoms with Gasteiger partial charge in [-0.3, -0.25) is 14.9 Å². The summed E-state index contributed by atoms with van der Waals surface area (Å²) in [6.07, 6.45) is 6.85. The molecule has 1 atom stereocenters. The molecule has 0 aromatic carbocycles. The molecule has 0 bridgehead atoms. The normalized spacial score (nSPS) is 25.7. The predicted octanol–water partition coefficient (Wildman–Crippen LogP) is 2.34. The fourth-order valence-corrected chi connectivity index (χ4v) is 1.89. The van der Waals surface area contributed by atoms with Gasteiger partial charge in [0, 0.05) is 17.8 Å². The van der Waals surface area contributed by atoms with Crippen molar-refractivity contribution in [3.63, 3.8) is 0 Å². The van der Waals surface area contributed by atoms with E-state index in [-0.39, 0.29) is 5.78 Å². The second-order valence-electron chi connectivity index (χ2n) is 3.93. The summed E-state index contributed by atoms with van der Waals surface area (Å²) in [5, 5.41) is 10.6. The third-order valence-corrected chi connectivity index (χ3v) is 2.78. The summed E-state index contributed by atoms with van der Waals surface area (Å²) in [5.74, 6) is -0.170. The van der Waals surface area contributed by atoms with Gasteiger partial charge in [0.25, 0.3) is 6.04 Å². The third kappa shape index (κ3) is 3.44. The van der Waals surface area contributed by atoms with Crippen LogP contribution in [0.2, 0.25) is 0 Å². The Hall–Kier alpha value is -0.930. The monoisotopic (exact) mass is 199 g/mol. The lowest BCUT2D eigenvalue weighted by molar-refractivity contribution is -0.508. The highest BCUT2D eigenvalue weighted by Crippen LogP contribution is 2.16. The van der Waals surface area contributed by atoms with E-state index < -0.39 is 11.0 Å². The van der Waals surface area contributed by atoms with Crippen molar-refractivity contribution < 1.29 is 9.72 Å². The maximum atomic E-state index is 11.4. The zero-order chi connectivity index (χ0) is 10.4. The number of rotatable bonds is 1. The van der Waals surface area contributed by atoms with Gasteiger partial charge in [-0.2, -0.15) is 0 Å². The van der Waals surface area contributed by atoms with E-state index in [1.165, 1.54) is 0 Å². The summed E-state index contributed by atoms with van der Waals surface area (Å²) in [7, 11) is 0. The molecule has 1 rings (SSSR count). The predicted molar refractivity (Wildman–Crippen MR) is 52.7 cm³/mol. The highest BCUT2D eigenvalue weighted by atomic mass is 16.6. The van der Waals surface area contributed by atoms with E-state index >= 15 is 0 Å². The van der Waals surface area contributed by atoms with Crippen molar-refractivity contribution in [1.29, 1.82) is 0 Å². The number of carbonyl (C=O) groups excluding carboxylic acids is 1. The number of carbonyl (C=O) groups is 1. The van der Waals surface area contributed by atoms with Gasteiger partial charge in [0.2, 0.25) is 5.78 Å². The fourth-order valence-electron chi connectivity index (χ4n) is 1.89. The van der Waals surface area contributed by atoms with Crippen molar-refractivity contribution in [3.05, 3.63) is 10.1 Å². The van der Waals surface area contributed by atoms with Gasteiger partial charge < -0.3 is 0 Å². The van der Waals surface area contributed by atoms with Gasteiger partial charge in [0.05, 0.1) is 0 Å². The molecule has 80 valence electrons. The summed E-state index contributed by atoms with van der Waals surface area (Å²) in [6.45, 7) is 0. The molecule has 0 aliphatic heterocycles. The summed E-state index contributed by atoms with van der Waals surface area (Å²) in [6, 6.07) is -0.923. The fraction of sp³-hybridized carbons (Fsp3) is 0.900. The molecule has 1 aliphatic rings. The number of Topliss-reactive ketones (excluding diaryl/α,β-unsaturated/α-hetero) is 1. The molecule has 1 aliphatic carbocycles. The molecule has 14 heavy (non-hydrogen) atoms. The molecule has 4 heteroatoms. The van der Waals surface area contributed by atoms with Gasteiger partial charge in [0.15, 0.2) is 0 Å². The van der Waals surface area contributed by atoms with Crippen LogP contribution in [0.25, 0.3) is 0 Å². The first-order valence-corrected chi connectivity index (χ1v) is 5.38. The van der Waals surface area contributed by atoms with E-state index in [0.717, 1.165) is 38.5 Å². The first-order chi connectivity index (χ1) is 6.72. The van der Waals surface area contributed by atoms with Gasteiger partial charge in [0.1, 0.15) is 0 Å². The maximum Gasteiger partial charge on any atom is 0.270 e. The van der Waals surface area contributed by atoms with E-state index in [2.05, 4.69) is 0 Å². The van der Waals surface area contributed by atoms with Crippen molar-refractivity contribution >= 4 is 5.78 Å². The largest absolute Gasteiger partial charge is 0.292 e. The minimum atomic E-state index is -0.923. The molecule has 4 nitrogen and oxygen atoms in total. The minimum absolute atomic E-state index is 0.170. The Morgan fingerprint density at radius 2 is 1.64 bits per heavy atom. The van der Waals surface area contributed by atoms with Gasteiger partial charge >= 0.3 is 0 Å². The Kier molecular flexibility index (Phi) is 4.56. The molecule has 0 radical (unpaired) electrons. The molecule has 1 unspecified atom stereocenters. The topological polar surface area (TPSA) is 60.2 Å². The van der Waals surface area contributed by atoms with Crippen LogP contribution in [0.3, 0.4) is 0 Å². The van der Waals surface area contributed by atoms with Crippen molar-refractivity contribution in [2.24, 2.45) is 0 Å². The Balaban J connectivity index is 2.51. The summed E-state index contributed by atoms with van der Waals surface area (Å²) in [4.78, 5) is 21.6. The van der Waals surface area contributed by atoms with E-state index in [1.54, 1.807) is 0 Å². The molecule has 0 N–H and O–H groups in total. The Morgan fingerprint density at radius 1 is 1.07 bits per heavy atom. The summed E-state index contributed by atoms with van der Waals surface area (Å²) < 4.78 is 0. The molecule has 0 amide bonds. The zero-order valence-corrected chi connectivity index (χ0v) is 8.41. The average molecular weight is 199 g/mol. The van der Waals surface area contributed by atoms with Crippen LogP contribution in [-0.2, 0) is 4.79 Å². The van der Waals surface area contributed by atoms with Crippen molar-refractivity contribution in [3.8, 4) is 0 Å². The first-order valence-electron chi connectivity index (χ1n) is 5.38. The van der Waals surface area contributed by atoms with Gasteiger partial charge in [-0.15, -0.1) is 0 Å². The van der Waals surface area contributed by atoms with Crippen LogP contribution in [0, 0.1) is 10.1 Å². The summed E-state index contributed by atoms with van der Waals surface area (Å²) in [5.41, 5.74) is 0. The average Bonchev–Trinajstić information content (AvgIpc) is 2.15. The van der Waals surface area contributed by atoms with E-state index in [0.29, 0.717) is 12.8 Å². The lowest BCUT2D eigenvalue weighted by Crippen LogP contribution is -2.29. The molecule has 1 fully saturated rings. The highest BCUT2D eigenvalue weighted by Gasteiger charge is 2.28. The van der Waals surface area contributed by atoms with Crippen LogP contribution in [0.5, 0.6) is 0 Å². The lowest BCUT2D eigenvalue weighted by Gasteiger charge is -2.10. The third-order valence-electron chi connectivity index (χ3n) is 2.78. The number of nitrogens with zero attached hydrogens (tertiary/aromatic N) is 1. The van der Waals surface area contributed by atoms with Crippen LogP contribution < -0.4 is 0 Å². The molecule has 0 spiro atoms. The van der Waals surface area contributed by atoms with Crippen LogP contribution in [0.4, 0.5) is 0 Å². The molecule has 0 aromatic rings. The number of hydrogen-bond donors (Lipinski definition) is 0. The maximum absolute atomic E-state index is 11.4. The Morgan fingerprint density at radius 3 is 2.29 bits per heavy atom. The minimum Gasteiger partial charge on any atom is -0.292 e. The molecule has 0 aromatic heterocycles. The molecular formula is C10H17NO3. The molecular weight excluding hydrogens is 182 g/mol.